The second-order valence-corrected chi connectivity index (χ2v) is 7.47. The highest BCUT2D eigenvalue weighted by Gasteiger charge is 2.19. The number of halogens is 1. The van der Waals surface area contributed by atoms with Gasteiger partial charge in [0, 0.05) is 21.2 Å². The SMILES string of the molecule is CSc1c(C#N)c(N)nc(SCc2coc(-c3ccc(Cl)cc3)n2)c1C#N. The fourth-order valence-electron chi connectivity index (χ4n) is 2.32. The van der Waals surface area contributed by atoms with Crippen LogP contribution in [0, 0.1) is 22.7 Å². The van der Waals surface area contributed by atoms with Crippen LogP contribution in [0.2, 0.25) is 5.02 Å². The molecule has 0 bridgehead atoms. The van der Waals surface area contributed by atoms with Gasteiger partial charge in [0.05, 0.1) is 11.3 Å². The Balaban J connectivity index is 1.84. The molecule has 0 saturated heterocycles. The van der Waals surface area contributed by atoms with Gasteiger partial charge in [-0.25, -0.2) is 9.97 Å². The lowest BCUT2D eigenvalue weighted by Crippen LogP contribution is -2.02. The van der Waals surface area contributed by atoms with E-state index in [4.69, 9.17) is 21.8 Å². The van der Waals surface area contributed by atoms with E-state index in [1.807, 2.05) is 18.2 Å². The molecule has 0 aliphatic carbocycles. The first kappa shape index (κ1) is 19.1. The van der Waals surface area contributed by atoms with E-state index in [1.165, 1.54) is 23.5 Å². The first-order valence-corrected chi connectivity index (χ1v) is 10.2. The molecule has 9 heteroatoms. The number of nitriles is 2. The number of nitrogen functional groups attached to an aromatic ring is 1. The molecule has 0 fully saturated rings. The van der Waals surface area contributed by atoms with Crippen LogP contribution < -0.4 is 5.73 Å². The number of rotatable bonds is 5. The van der Waals surface area contributed by atoms with Crippen molar-refractivity contribution in [3.63, 3.8) is 0 Å². The van der Waals surface area contributed by atoms with Crippen LogP contribution in [0.25, 0.3) is 11.5 Å². The van der Waals surface area contributed by atoms with Crippen molar-refractivity contribution < 1.29 is 4.42 Å². The van der Waals surface area contributed by atoms with Crippen molar-refractivity contribution in [3.8, 4) is 23.6 Å². The Morgan fingerprint density at radius 3 is 2.48 bits per heavy atom. The summed E-state index contributed by atoms with van der Waals surface area (Å²) in [7, 11) is 0. The topological polar surface area (TPSA) is 113 Å². The average molecular weight is 414 g/mol. The van der Waals surface area contributed by atoms with Crippen LogP contribution in [0.3, 0.4) is 0 Å². The van der Waals surface area contributed by atoms with Crippen molar-refractivity contribution in [3.05, 3.63) is 52.4 Å². The number of hydrogen-bond donors (Lipinski definition) is 1. The molecule has 0 spiro atoms. The number of anilines is 1. The van der Waals surface area contributed by atoms with Gasteiger partial charge in [-0.1, -0.05) is 23.4 Å². The third-order valence-electron chi connectivity index (χ3n) is 3.57. The molecule has 2 N–H and O–H groups in total. The van der Waals surface area contributed by atoms with Crippen LogP contribution in [0.15, 0.2) is 44.9 Å². The summed E-state index contributed by atoms with van der Waals surface area (Å²) in [6.45, 7) is 0. The molecule has 0 amide bonds. The van der Waals surface area contributed by atoms with E-state index in [0.717, 1.165) is 5.56 Å². The van der Waals surface area contributed by atoms with Gasteiger partial charge in [-0.15, -0.1) is 11.8 Å². The molecule has 3 aromatic rings. The van der Waals surface area contributed by atoms with Crippen LogP contribution in [-0.2, 0) is 5.75 Å². The van der Waals surface area contributed by atoms with Gasteiger partial charge in [0.15, 0.2) is 0 Å². The molecule has 1 aromatic carbocycles. The van der Waals surface area contributed by atoms with E-state index in [9.17, 15) is 10.5 Å². The Kier molecular flexibility index (Phi) is 5.92. The molecule has 2 heterocycles. The summed E-state index contributed by atoms with van der Waals surface area (Å²) in [6.07, 6.45) is 3.35. The Bertz CT molecular complexity index is 1070. The second-order valence-electron chi connectivity index (χ2n) is 5.25. The lowest BCUT2D eigenvalue weighted by molar-refractivity contribution is 0.573. The van der Waals surface area contributed by atoms with E-state index in [2.05, 4.69) is 16.0 Å². The van der Waals surface area contributed by atoms with E-state index in [1.54, 1.807) is 24.7 Å². The Labute approximate surface area is 169 Å². The van der Waals surface area contributed by atoms with E-state index < -0.39 is 0 Å². The molecule has 27 heavy (non-hydrogen) atoms. The van der Waals surface area contributed by atoms with Gasteiger partial charge in [-0.2, -0.15) is 10.5 Å². The van der Waals surface area contributed by atoms with Crippen LogP contribution in [-0.4, -0.2) is 16.2 Å². The smallest absolute Gasteiger partial charge is 0.226 e. The average Bonchev–Trinajstić information content (AvgIpc) is 3.15. The van der Waals surface area contributed by atoms with Crippen molar-refractivity contribution in [2.24, 2.45) is 0 Å². The zero-order chi connectivity index (χ0) is 19.4. The summed E-state index contributed by atoms with van der Waals surface area (Å²) in [5.74, 6) is 1.04. The van der Waals surface area contributed by atoms with Gasteiger partial charge in [0.1, 0.15) is 34.8 Å². The molecule has 0 unspecified atom stereocenters. The predicted molar refractivity (Wildman–Crippen MR) is 106 cm³/mol. The van der Waals surface area contributed by atoms with Gasteiger partial charge < -0.3 is 10.2 Å². The minimum absolute atomic E-state index is 0.116. The van der Waals surface area contributed by atoms with Crippen molar-refractivity contribution >= 4 is 40.9 Å². The second kappa shape index (κ2) is 8.36. The number of pyridine rings is 1. The lowest BCUT2D eigenvalue weighted by Gasteiger charge is -2.10. The third kappa shape index (κ3) is 4.04. The van der Waals surface area contributed by atoms with Gasteiger partial charge in [0.2, 0.25) is 5.89 Å². The molecule has 6 nitrogen and oxygen atoms in total. The fraction of sp³-hybridized carbons (Fsp3) is 0.111. The van der Waals surface area contributed by atoms with Crippen molar-refractivity contribution in [1.29, 1.82) is 10.5 Å². The monoisotopic (exact) mass is 413 g/mol. The first-order valence-electron chi connectivity index (χ1n) is 7.58. The molecule has 134 valence electrons. The highest BCUT2D eigenvalue weighted by atomic mass is 35.5. The van der Waals surface area contributed by atoms with Gasteiger partial charge in [-0.3, -0.25) is 0 Å². The van der Waals surface area contributed by atoms with Gasteiger partial charge >= 0.3 is 0 Å². The van der Waals surface area contributed by atoms with Crippen molar-refractivity contribution in [2.45, 2.75) is 15.7 Å². The maximum absolute atomic E-state index is 9.50. The van der Waals surface area contributed by atoms with Gasteiger partial charge in [-0.05, 0) is 30.5 Å². The summed E-state index contributed by atoms with van der Waals surface area (Å²) in [4.78, 5) is 9.21. The molecule has 0 saturated carbocycles. The van der Waals surface area contributed by atoms with E-state index in [-0.39, 0.29) is 11.4 Å². The quantitative estimate of drug-likeness (QED) is 0.597. The maximum Gasteiger partial charge on any atom is 0.226 e. The number of oxazole rings is 1. The van der Waals surface area contributed by atoms with Crippen molar-refractivity contribution in [1.82, 2.24) is 9.97 Å². The van der Waals surface area contributed by atoms with Crippen LogP contribution in [0.5, 0.6) is 0 Å². The number of nitrogens with zero attached hydrogens (tertiary/aromatic N) is 4. The van der Waals surface area contributed by atoms with Crippen LogP contribution in [0.1, 0.15) is 16.8 Å². The molecular weight excluding hydrogens is 402 g/mol. The highest BCUT2D eigenvalue weighted by Crippen LogP contribution is 2.35. The Hall–Kier alpha value is -2.65. The summed E-state index contributed by atoms with van der Waals surface area (Å²) >= 11 is 8.51. The minimum atomic E-state index is 0.116. The number of benzene rings is 1. The summed E-state index contributed by atoms with van der Waals surface area (Å²) < 4.78 is 5.52. The Morgan fingerprint density at radius 2 is 1.85 bits per heavy atom. The van der Waals surface area contributed by atoms with Gasteiger partial charge in [0.25, 0.3) is 0 Å². The fourth-order valence-corrected chi connectivity index (χ4v) is 4.08. The number of aromatic nitrogens is 2. The molecular formula is C18H12ClN5OS2. The summed E-state index contributed by atoms with van der Waals surface area (Å²) in [6, 6.07) is 11.3. The Morgan fingerprint density at radius 1 is 1.15 bits per heavy atom. The normalized spacial score (nSPS) is 10.4. The zero-order valence-electron chi connectivity index (χ0n) is 14.1. The highest BCUT2D eigenvalue weighted by molar-refractivity contribution is 7.99. The number of hydrogen-bond acceptors (Lipinski definition) is 8. The number of thioether (sulfide) groups is 2. The first-order chi connectivity index (χ1) is 13.1. The summed E-state index contributed by atoms with van der Waals surface area (Å²) in [5, 5.41) is 19.9. The molecule has 2 aromatic heterocycles. The third-order valence-corrected chi connectivity index (χ3v) is 5.65. The standard InChI is InChI=1S/C18H12ClN5OS2/c1-26-15-13(6-20)16(22)24-18(14(15)7-21)27-9-12-8-25-17(23-12)10-2-4-11(19)5-3-10/h2-5,8H,9H2,1H3,(H2,22,24). The summed E-state index contributed by atoms with van der Waals surface area (Å²) in [5.41, 5.74) is 7.97. The van der Waals surface area contributed by atoms with E-state index in [0.29, 0.717) is 37.8 Å². The maximum atomic E-state index is 9.50. The van der Waals surface area contributed by atoms with Crippen LogP contribution in [0.4, 0.5) is 5.82 Å². The molecule has 0 atom stereocenters. The molecule has 3 rings (SSSR count). The lowest BCUT2D eigenvalue weighted by atomic mass is 10.2. The van der Waals surface area contributed by atoms with Crippen LogP contribution >= 0.6 is 35.1 Å². The molecule has 0 radical (unpaired) electrons. The largest absolute Gasteiger partial charge is 0.444 e. The van der Waals surface area contributed by atoms with E-state index >= 15 is 0 Å². The molecule has 0 aliphatic rings. The zero-order valence-corrected chi connectivity index (χ0v) is 16.5. The predicted octanol–water partition coefficient (Wildman–Crippen LogP) is 4.73. The molecule has 0 aliphatic heterocycles. The number of nitrogens with two attached hydrogens (primary N) is 1. The minimum Gasteiger partial charge on any atom is -0.444 e. The van der Waals surface area contributed by atoms with Crippen molar-refractivity contribution in [2.75, 3.05) is 12.0 Å².